The van der Waals surface area contributed by atoms with E-state index in [1.54, 1.807) is 6.07 Å². The standard InChI is InChI=1S/C22H17F4N3O3S/c23-19-11-4-5-12-20(19)29(33(31,32)18-9-2-1-3-10-18)15-21(30)28-27-14-16-7-6-8-17(13-16)22(24,25)26/h1-14H,15H2,(H,28,30)/b27-14+. The van der Waals surface area contributed by atoms with Crippen LogP contribution < -0.4 is 9.73 Å². The monoisotopic (exact) mass is 479 g/mol. The quantitative estimate of drug-likeness (QED) is 0.314. The van der Waals surface area contributed by atoms with E-state index in [0.717, 1.165) is 24.4 Å². The first-order valence-corrected chi connectivity index (χ1v) is 10.8. The van der Waals surface area contributed by atoms with Gasteiger partial charge in [-0.15, -0.1) is 0 Å². The number of hydrogen-bond donors (Lipinski definition) is 1. The van der Waals surface area contributed by atoms with Crippen molar-refractivity contribution < 1.29 is 30.8 Å². The third-order valence-electron chi connectivity index (χ3n) is 4.36. The molecule has 1 amide bonds. The number of anilines is 1. The molecule has 33 heavy (non-hydrogen) atoms. The minimum absolute atomic E-state index is 0.0630. The highest BCUT2D eigenvalue weighted by molar-refractivity contribution is 7.92. The van der Waals surface area contributed by atoms with E-state index in [1.165, 1.54) is 54.6 Å². The molecule has 0 unspecified atom stereocenters. The molecule has 3 rings (SSSR count). The van der Waals surface area contributed by atoms with Gasteiger partial charge in [-0.05, 0) is 42.0 Å². The zero-order valence-electron chi connectivity index (χ0n) is 16.8. The number of sulfonamides is 1. The first-order chi connectivity index (χ1) is 15.6. The molecule has 0 spiro atoms. The van der Waals surface area contributed by atoms with Gasteiger partial charge < -0.3 is 0 Å². The van der Waals surface area contributed by atoms with Crippen molar-refractivity contribution in [3.63, 3.8) is 0 Å². The average Bonchev–Trinajstić information content (AvgIpc) is 2.78. The molecule has 11 heteroatoms. The molecule has 172 valence electrons. The molecule has 6 nitrogen and oxygen atoms in total. The average molecular weight is 479 g/mol. The van der Waals surface area contributed by atoms with Crippen LogP contribution in [0.3, 0.4) is 0 Å². The van der Waals surface area contributed by atoms with Gasteiger partial charge in [0.15, 0.2) is 0 Å². The number of carbonyl (C=O) groups excluding carboxylic acids is 1. The van der Waals surface area contributed by atoms with Crippen LogP contribution in [0.25, 0.3) is 0 Å². The lowest BCUT2D eigenvalue weighted by molar-refractivity contribution is -0.137. The van der Waals surface area contributed by atoms with Crippen molar-refractivity contribution in [3.05, 3.63) is 95.8 Å². The van der Waals surface area contributed by atoms with Crippen molar-refractivity contribution in [2.75, 3.05) is 10.8 Å². The smallest absolute Gasteiger partial charge is 0.271 e. The van der Waals surface area contributed by atoms with Crippen molar-refractivity contribution in [1.29, 1.82) is 0 Å². The van der Waals surface area contributed by atoms with Crippen LogP contribution in [-0.4, -0.2) is 27.1 Å². The van der Waals surface area contributed by atoms with E-state index in [9.17, 15) is 30.8 Å². The van der Waals surface area contributed by atoms with Crippen molar-refractivity contribution in [3.8, 4) is 0 Å². The Bertz CT molecular complexity index is 1260. The molecule has 0 aliphatic carbocycles. The second-order valence-corrected chi connectivity index (χ2v) is 8.55. The van der Waals surface area contributed by atoms with E-state index < -0.39 is 40.0 Å². The summed E-state index contributed by atoms with van der Waals surface area (Å²) in [5.41, 5.74) is 0.876. The lowest BCUT2D eigenvalue weighted by atomic mass is 10.1. The molecule has 0 heterocycles. The highest BCUT2D eigenvalue weighted by Crippen LogP contribution is 2.29. The number of halogens is 4. The fraction of sp³-hybridized carbons (Fsp3) is 0.0909. The normalized spacial score (nSPS) is 12.0. The summed E-state index contributed by atoms with van der Waals surface area (Å²) >= 11 is 0. The Morgan fingerprint density at radius 3 is 2.30 bits per heavy atom. The van der Waals surface area contributed by atoms with E-state index in [2.05, 4.69) is 10.5 Å². The van der Waals surface area contributed by atoms with Gasteiger partial charge in [0.2, 0.25) is 0 Å². The number of alkyl halides is 3. The first kappa shape index (κ1) is 23.9. The molecule has 0 bridgehead atoms. The third-order valence-corrected chi connectivity index (χ3v) is 6.13. The number of nitrogens with zero attached hydrogens (tertiary/aromatic N) is 2. The zero-order valence-corrected chi connectivity index (χ0v) is 17.6. The predicted octanol–water partition coefficient (Wildman–Crippen LogP) is 4.19. The van der Waals surface area contributed by atoms with Gasteiger partial charge >= 0.3 is 6.18 Å². The van der Waals surface area contributed by atoms with E-state index >= 15 is 0 Å². The SMILES string of the molecule is O=C(CN(c1ccccc1F)S(=O)(=O)c1ccccc1)N/N=C/c1cccc(C(F)(F)F)c1. The van der Waals surface area contributed by atoms with Crippen molar-refractivity contribution in [1.82, 2.24) is 5.43 Å². The summed E-state index contributed by atoms with van der Waals surface area (Å²) in [6.07, 6.45) is -3.56. The van der Waals surface area contributed by atoms with E-state index in [-0.39, 0.29) is 16.1 Å². The maximum Gasteiger partial charge on any atom is 0.416 e. The van der Waals surface area contributed by atoms with Crippen molar-refractivity contribution >= 4 is 27.8 Å². The maximum absolute atomic E-state index is 14.4. The van der Waals surface area contributed by atoms with Crippen LogP contribution in [0.2, 0.25) is 0 Å². The number of hydrazone groups is 1. The Morgan fingerprint density at radius 2 is 1.64 bits per heavy atom. The van der Waals surface area contributed by atoms with Crippen LogP contribution in [0.5, 0.6) is 0 Å². The molecule has 1 N–H and O–H groups in total. The summed E-state index contributed by atoms with van der Waals surface area (Å²) < 4.78 is 79.5. The first-order valence-electron chi connectivity index (χ1n) is 9.40. The Hall–Kier alpha value is -3.73. The Balaban J connectivity index is 1.82. The van der Waals surface area contributed by atoms with Gasteiger partial charge in [0.1, 0.15) is 12.4 Å². The fourth-order valence-corrected chi connectivity index (χ4v) is 4.26. The molecule has 0 radical (unpaired) electrons. The number of amides is 1. The minimum atomic E-state index is -4.54. The van der Waals surface area contributed by atoms with Gasteiger partial charge in [0.25, 0.3) is 15.9 Å². The molecule has 0 saturated carbocycles. The number of nitrogens with one attached hydrogen (secondary N) is 1. The Kier molecular flexibility index (Phi) is 7.12. The number of benzene rings is 3. The van der Waals surface area contributed by atoms with Gasteiger partial charge in [-0.2, -0.15) is 18.3 Å². The Labute approximate surface area is 187 Å². The van der Waals surface area contributed by atoms with Crippen LogP contribution in [0.1, 0.15) is 11.1 Å². The van der Waals surface area contributed by atoms with Gasteiger partial charge in [0.05, 0.1) is 22.4 Å². The molecule has 0 atom stereocenters. The summed E-state index contributed by atoms with van der Waals surface area (Å²) in [5, 5.41) is 3.58. The highest BCUT2D eigenvalue weighted by atomic mass is 32.2. The largest absolute Gasteiger partial charge is 0.416 e. The maximum atomic E-state index is 14.4. The number of carbonyl (C=O) groups is 1. The van der Waals surface area contributed by atoms with E-state index in [1.807, 2.05) is 0 Å². The predicted molar refractivity (Wildman–Crippen MR) is 115 cm³/mol. The zero-order chi connectivity index (χ0) is 24.1. The lowest BCUT2D eigenvalue weighted by Crippen LogP contribution is -2.40. The highest BCUT2D eigenvalue weighted by Gasteiger charge is 2.30. The molecular weight excluding hydrogens is 462 g/mol. The molecule has 0 aromatic heterocycles. The van der Waals surface area contributed by atoms with Gasteiger partial charge in [-0.3, -0.25) is 9.10 Å². The number of rotatable bonds is 7. The molecular formula is C22H17F4N3O3S. The van der Waals surface area contributed by atoms with Crippen molar-refractivity contribution in [2.24, 2.45) is 5.10 Å². The topological polar surface area (TPSA) is 78.8 Å². The van der Waals surface area contributed by atoms with Gasteiger partial charge in [-0.25, -0.2) is 18.2 Å². The van der Waals surface area contributed by atoms with E-state index in [0.29, 0.717) is 4.31 Å². The van der Waals surface area contributed by atoms with Crippen LogP contribution in [-0.2, 0) is 21.0 Å². The molecule has 0 aliphatic heterocycles. The third kappa shape index (κ3) is 5.95. The van der Waals surface area contributed by atoms with Crippen molar-refractivity contribution in [2.45, 2.75) is 11.1 Å². The summed E-state index contributed by atoms with van der Waals surface area (Å²) in [5.74, 6) is -1.79. The molecule has 0 aliphatic rings. The fourth-order valence-electron chi connectivity index (χ4n) is 2.81. The van der Waals surface area contributed by atoms with Crippen LogP contribution in [0.15, 0.2) is 88.9 Å². The van der Waals surface area contributed by atoms with Crippen LogP contribution >= 0.6 is 0 Å². The van der Waals surface area contributed by atoms with E-state index in [4.69, 9.17) is 0 Å². The molecule has 3 aromatic rings. The number of para-hydroxylation sites is 1. The molecule has 0 fully saturated rings. The van der Waals surface area contributed by atoms with Gasteiger partial charge in [0, 0.05) is 0 Å². The lowest BCUT2D eigenvalue weighted by Gasteiger charge is -2.24. The summed E-state index contributed by atoms with van der Waals surface area (Å²) in [7, 11) is -4.32. The number of hydrogen-bond acceptors (Lipinski definition) is 4. The summed E-state index contributed by atoms with van der Waals surface area (Å²) in [6, 6.07) is 16.4. The van der Waals surface area contributed by atoms with Gasteiger partial charge in [-0.1, -0.05) is 42.5 Å². The summed E-state index contributed by atoms with van der Waals surface area (Å²) in [6.45, 7) is -0.821. The molecule has 0 saturated heterocycles. The second-order valence-electron chi connectivity index (χ2n) is 6.69. The minimum Gasteiger partial charge on any atom is -0.271 e. The summed E-state index contributed by atoms with van der Waals surface area (Å²) in [4.78, 5) is 12.2. The van der Waals surface area contributed by atoms with Crippen LogP contribution in [0, 0.1) is 5.82 Å². The molecule has 3 aromatic carbocycles. The Morgan fingerprint density at radius 1 is 0.970 bits per heavy atom. The second kappa shape index (κ2) is 9.82. The van der Waals surface area contributed by atoms with Crippen LogP contribution in [0.4, 0.5) is 23.2 Å².